The zero-order chi connectivity index (χ0) is 14.9. The molecule has 7 nitrogen and oxygen atoms in total. The van der Waals surface area contributed by atoms with Crippen LogP contribution in [-0.4, -0.2) is 40.4 Å². The van der Waals surface area contributed by atoms with E-state index in [1.54, 1.807) is 0 Å². The topological polar surface area (TPSA) is 114 Å². The van der Waals surface area contributed by atoms with E-state index in [0.717, 1.165) is 0 Å². The molecular weight excluding hydrogens is 264 g/mol. The zero-order valence-corrected chi connectivity index (χ0v) is 11.0. The van der Waals surface area contributed by atoms with Gasteiger partial charge in [-0.2, -0.15) is 0 Å². The van der Waals surface area contributed by atoms with Gasteiger partial charge in [0.15, 0.2) is 5.76 Å². The third-order valence-electron chi connectivity index (χ3n) is 3.57. The number of rotatable bonds is 3. The summed E-state index contributed by atoms with van der Waals surface area (Å²) < 4.78 is 5.00. The molecule has 2 heterocycles. The lowest BCUT2D eigenvalue weighted by Gasteiger charge is -2.36. The number of aromatic carboxylic acids is 1. The smallest absolute Gasteiger partial charge is 0.371 e. The average molecular weight is 280 g/mol. The fraction of sp³-hybridized carbons (Fsp3) is 0.462. The van der Waals surface area contributed by atoms with Crippen molar-refractivity contribution in [2.75, 3.05) is 6.54 Å². The summed E-state index contributed by atoms with van der Waals surface area (Å²) in [7, 11) is 0. The molecule has 0 spiro atoms. The van der Waals surface area contributed by atoms with Crippen LogP contribution in [0.25, 0.3) is 0 Å². The zero-order valence-electron chi connectivity index (χ0n) is 11.0. The minimum Gasteiger partial charge on any atom is -0.475 e. The van der Waals surface area contributed by atoms with Gasteiger partial charge in [-0.05, 0) is 31.9 Å². The average Bonchev–Trinajstić information content (AvgIpc) is 2.88. The summed E-state index contributed by atoms with van der Waals surface area (Å²) in [5.74, 6) is -2.78. The predicted octanol–water partition coefficient (Wildman–Crippen LogP) is 0.704. The summed E-state index contributed by atoms with van der Waals surface area (Å²) in [6, 6.07) is 2.51. The number of nitrogens with two attached hydrogens (primary N) is 1. The number of carbonyl (C=O) groups excluding carboxylic acids is 2. The molecule has 1 aliphatic rings. The number of carboxylic acids is 1. The first-order valence-electron chi connectivity index (χ1n) is 6.33. The Kier molecular flexibility index (Phi) is 3.78. The van der Waals surface area contributed by atoms with Gasteiger partial charge in [-0.1, -0.05) is 0 Å². The molecule has 0 aliphatic carbocycles. The highest BCUT2D eigenvalue weighted by molar-refractivity contribution is 5.94. The van der Waals surface area contributed by atoms with E-state index in [4.69, 9.17) is 15.3 Å². The molecule has 3 N–H and O–H groups in total. The van der Waals surface area contributed by atoms with Crippen molar-refractivity contribution in [2.45, 2.75) is 25.8 Å². The minimum atomic E-state index is -1.23. The molecule has 0 saturated carbocycles. The molecule has 1 aromatic heterocycles. The first-order valence-corrected chi connectivity index (χ1v) is 6.33. The number of carboxylic acid groups (broad SMARTS) is 1. The fourth-order valence-corrected chi connectivity index (χ4v) is 2.33. The first-order chi connectivity index (χ1) is 9.40. The Balaban J connectivity index is 2.17. The highest BCUT2D eigenvalue weighted by Crippen LogP contribution is 2.24. The second kappa shape index (κ2) is 5.36. The van der Waals surface area contributed by atoms with Crippen molar-refractivity contribution in [3.63, 3.8) is 0 Å². The molecule has 1 aliphatic heterocycles. The molecule has 1 fully saturated rings. The molecule has 0 bridgehead atoms. The van der Waals surface area contributed by atoms with E-state index in [9.17, 15) is 14.4 Å². The quantitative estimate of drug-likeness (QED) is 0.846. The van der Waals surface area contributed by atoms with Gasteiger partial charge in [-0.3, -0.25) is 9.59 Å². The molecule has 2 amide bonds. The number of primary amides is 1. The summed E-state index contributed by atoms with van der Waals surface area (Å²) in [5.41, 5.74) is 5.28. The molecule has 2 rings (SSSR count). The van der Waals surface area contributed by atoms with Gasteiger partial charge in [0, 0.05) is 12.6 Å². The van der Waals surface area contributed by atoms with Crippen LogP contribution in [0.3, 0.4) is 0 Å². The Labute approximate surface area is 115 Å². The molecule has 20 heavy (non-hydrogen) atoms. The van der Waals surface area contributed by atoms with E-state index in [-0.39, 0.29) is 30.0 Å². The van der Waals surface area contributed by atoms with Gasteiger partial charge in [0.05, 0.1) is 5.92 Å². The van der Waals surface area contributed by atoms with Crippen molar-refractivity contribution >= 4 is 17.8 Å². The first kappa shape index (κ1) is 14.1. The number of amides is 2. The lowest BCUT2D eigenvalue weighted by Crippen LogP contribution is -2.48. The van der Waals surface area contributed by atoms with Crippen LogP contribution >= 0.6 is 0 Å². The standard InChI is InChI=1S/C13H16N2O5/c1-7-2-3-8(11(14)16)6-15(7)12(17)9-4-5-10(20-9)13(18)19/h4-5,7-8H,2-3,6H2,1H3,(H2,14,16)(H,18,19). The Morgan fingerprint density at radius 1 is 1.30 bits per heavy atom. The molecule has 7 heteroatoms. The van der Waals surface area contributed by atoms with Gasteiger partial charge in [-0.25, -0.2) is 4.79 Å². The predicted molar refractivity (Wildman–Crippen MR) is 68.1 cm³/mol. The number of furan rings is 1. The lowest BCUT2D eigenvalue weighted by molar-refractivity contribution is -0.123. The van der Waals surface area contributed by atoms with E-state index < -0.39 is 17.8 Å². The van der Waals surface area contributed by atoms with Gasteiger partial charge in [0.1, 0.15) is 0 Å². The number of nitrogens with zero attached hydrogens (tertiary/aromatic N) is 1. The summed E-state index contributed by atoms with van der Waals surface area (Å²) >= 11 is 0. The molecule has 2 unspecified atom stereocenters. The Morgan fingerprint density at radius 2 is 1.95 bits per heavy atom. The maximum Gasteiger partial charge on any atom is 0.371 e. The molecular formula is C13H16N2O5. The number of likely N-dealkylation sites (tertiary alicyclic amines) is 1. The Bertz CT molecular complexity index is 551. The fourth-order valence-electron chi connectivity index (χ4n) is 2.33. The van der Waals surface area contributed by atoms with Crippen molar-refractivity contribution in [1.82, 2.24) is 4.90 Å². The van der Waals surface area contributed by atoms with E-state index in [2.05, 4.69) is 0 Å². The number of hydrogen-bond donors (Lipinski definition) is 2. The van der Waals surface area contributed by atoms with Crippen LogP contribution in [-0.2, 0) is 4.79 Å². The van der Waals surface area contributed by atoms with Crippen molar-refractivity contribution in [3.8, 4) is 0 Å². The van der Waals surface area contributed by atoms with Crippen LogP contribution in [0.1, 0.15) is 40.9 Å². The molecule has 2 atom stereocenters. The van der Waals surface area contributed by atoms with Crippen molar-refractivity contribution in [2.24, 2.45) is 11.7 Å². The van der Waals surface area contributed by atoms with Gasteiger partial charge < -0.3 is 20.2 Å². The normalized spacial score (nSPS) is 22.6. The SMILES string of the molecule is CC1CCC(C(N)=O)CN1C(=O)c1ccc(C(=O)O)o1. The van der Waals surface area contributed by atoms with Gasteiger partial charge in [0.25, 0.3) is 5.91 Å². The van der Waals surface area contributed by atoms with Crippen LogP contribution < -0.4 is 5.73 Å². The molecule has 108 valence electrons. The second-order valence-corrected chi connectivity index (χ2v) is 4.95. The van der Waals surface area contributed by atoms with Gasteiger partial charge >= 0.3 is 5.97 Å². The van der Waals surface area contributed by atoms with Crippen LogP contribution in [0.5, 0.6) is 0 Å². The van der Waals surface area contributed by atoms with E-state index >= 15 is 0 Å². The highest BCUT2D eigenvalue weighted by Gasteiger charge is 2.33. The maximum absolute atomic E-state index is 12.3. The number of piperidine rings is 1. The lowest BCUT2D eigenvalue weighted by atomic mass is 9.93. The van der Waals surface area contributed by atoms with E-state index in [1.807, 2.05) is 6.92 Å². The van der Waals surface area contributed by atoms with Gasteiger partial charge in [0.2, 0.25) is 11.7 Å². The third kappa shape index (κ3) is 2.66. The van der Waals surface area contributed by atoms with E-state index in [0.29, 0.717) is 12.8 Å². The van der Waals surface area contributed by atoms with Crippen molar-refractivity contribution in [1.29, 1.82) is 0 Å². The van der Waals surface area contributed by atoms with Crippen molar-refractivity contribution < 1.29 is 23.9 Å². The maximum atomic E-state index is 12.3. The third-order valence-corrected chi connectivity index (χ3v) is 3.57. The number of hydrogen-bond acceptors (Lipinski definition) is 4. The molecule has 0 aromatic carbocycles. The Morgan fingerprint density at radius 3 is 2.50 bits per heavy atom. The molecule has 1 aromatic rings. The monoisotopic (exact) mass is 280 g/mol. The van der Waals surface area contributed by atoms with E-state index in [1.165, 1.54) is 17.0 Å². The largest absolute Gasteiger partial charge is 0.475 e. The van der Waals surface area contributed by atoms with Gasteiger partial charge in [-0.15, -0.1) is 0 Å². The van der Waals surface area contributed by atoms with Crippen LogP contribution in [0, 0.1) is 5.92 Å². The van der Waals surface area contributed by atoms with Crippen LogP contribution in [0.4, 0.5) is 0 Å². The summed E-state index contributed by atoms with van der Waals surface area (Å²) in [6.45, 7) is 2.11. The summed E-state index contributed by atoms with van der Waals surface area (Å²) in [6.07, 6.45) is 1.32. The Hall–Kier alpha value is -2.31. The van der Waals surface area contributed by atoms with Crippen LogP contribution in [0.2, 0.25) is 0 Å². The minimum absolute atomic E-state index is 0.0422. The number of carbonyl (C=O) groups is 3. The summed E-state index contributed by atoms with van der Waals surface area (Å²) in [5, 5.41) is 8.78. The summed E-state index contributed by atoms with van der Waals surface area (Å²) in [4.78, 5) is 35.8. The molecule has 1 saturated heterocycles. The van der Waals surface area contributed by atoms with Crippen LogP contribution in [0.15, 0.2) is 16.5 Å². The highest BCUT2D eigenvalue weighted by atomic mass is 16.4. The molecule has 0 radical (unpaired) electrons. The second-order valence-electron chi connectivity index (χ2n) is 4.95. The van der Waals surface area contributed by atoms with Crippen molar-refractivity contribution in [3.05, 3.63) is 23.7 Å².